The molecule has 170 valence electrons. The highest BCUT2D eigenvalue weighted by molar-refractivity contribution is 7.49. The van der Waals surface area contributed by atoms with E-state index in [-0.39, 0.29) is 0 Å². The molecule has 0 spiro atoms. The van der Waals surface area contributed by atoms with Crippen LogP contribution in [0.2, 0.25) is 0 Å². The fraction of sp³-hybridized carbons (Fsp3) is 0.619. The summed E-state index contributed by atoms with van der Waals surface area (Å²) in [6, 6.07) is 5.95. The maximum Gasteiger partial charge on any atom is 0.530 e. The predicted molar refractivity (Wildman–Crippen MR) is 115 cm³/mol. The average molecular weight is 443 g/mol. The van der Waals surface area contributed by atoms with Crippen molar-refractivity contribution in [2.45, 2.75) is 79.1 Å². The summed E-state index contributed by atoms with van der Waals surface area (Å²) >= 11 is 0. The number of hydrogen-bond acceptors (Lipinski definition) is 7. The van der Waals surface area contributed by atoms with Gasteiger partial charge in [-0.25, -0.2) is 9.36 Å². The summed E-state index contributed by atoms with van der Waals surface area (Å²) in [5, 5.41) is 2.42. The van der Waals surface area contributed by atoms with E-state index in [9.17, 15) is 14.2 Å². The van der Waals surface area contributed by atoms with Crippen LogP contribution in [0, 0.1) is 0 Å². The van der Waals surface area contributed by atoms with Crippen LogP contribution in [0.15, 0.2) is 24.3 Å². The average Bonchev–Trinajstić information content (AvgIpc) is 2.55. The zero-order chi connectivity index (χ0) is 23.2. The molecule has 1 amide bonds. The fourth-order valence-corrected chi connectivity index (χ4v) is 3.72. The van der Waals surface area contributed by atoms with Gasteiger partial charge < -0.3 is 14.6 Å². The molecule has 0 fully saturated rings. The molecule has 0 aromatic heterocycles. The number of hydrogen-bond donors (Lipinski definition) is 1. The summed E-state index contributed by atoms with van der Waals surface area (Å²) in [6.45, 7) is 13.1. The molecule has 0 aliphatic rings. The Morgan fingerprint density at radius 2 is 1.60 bits per heavy atom. The third-order valence-corrected chi connectivity index (χ3v) is 5.19. The van der Waals surface area contributed by atoms with E-state index < -0.39 is 43.6 Å². The summed E-state index contributed by atoms with van der Waals surface area (Å²) in [6.07, 6.45) is 0.0674. The highest BCUT2D eigenvalue weighted by Gasteiger charge is 2.36. The van der Waals surface area contributed by atoms with Gasteiger partial charge in [0.15, 0.2) is 5.78 Å². The minimum atomic E-state index is -4.11. The predicted octanol–water partition coefficient (Wildman–Crippen LogP) is 5.05. The second kappa shape index (κ2) is 10.4. The Kier molecular flexibility index (Phi) is 9.08. The summed E-state index contributed by atoms with van der Waals surface area (Å²) < 4.78 is 35.0. The lowest BCUT2D eigenvalue weighted by Crippen LogP contribution is -2.45. The standard InChI is InChI=1S/C21H34NO7P/c1-9-16-10-12-17(13-11-16)28-30(25,29-21(6,7)8)26-14-18(15(2)23)22-19(24)27-20(3,4)5/h10-13,18H,9,14H2,1-8H3,(H,22,24)/t18-,30?/m0/s1. The summed E-state index contributed by atoms with van der Waals surface area (Å²) in [7, 11) is -4.11. The van der Waals surface area contributed by atoms with Crippen LogP contribution in [-0.2, 0) is 29.6 Å². The number of amides is 1. The zero-order valence-corrected chi connectivity index (χ0v) is 20.0. The van der Waals surface area contributed by atoms with E-state index in [1.54, 1.807) is 53.7 Å². The van der Waals surface area contributed by atoms with Crippen molar-refractivity contribution in [2.75, 3.05) is 6.61 Å². The molecule has 1 aromatic rings. The normalized spacial score (nSPS) is 15.1. The van der Waals surface area contributed by atoms with Crippen LogP contribution in [-0.4, -0.2) is 35.7 Å². The number of carbonyl (C=O) groups excluding carboxylic acids is 2. The molecule has 1 rings (SSSR count). The molecule has 1 aromatic carbocycles. The van der Waals surface area contributed by atoms with Crippen molar-refractivity contribution in [1.82, 2.24) is 5.32 Å². The van der Waals surface area contributed by atoms with E-state index in [0.717, 1.165) is 12.0 Å². The second-order valence-corrected chi connectivity index (χ2v) is 10.4. The number of phosphoric acid groups is 1. The van der Waals surface area contributed by atoms with E-state index in [0.29, 0.717) is 5.75 Å². The first-order valence-electron chi connectivity index (χ1n) is 9.86. The van der Waals surface area contributed by atoms with Crippen LogP contribution in [0.4, 0.5) is 4.79 Å². The number of rotatable bonds is 9. The van der Waals surface area contributed by atoms with Gasteiger partial charge in [-0.3, -0.25) is 13.8 Å². The maximum absolute atomic E-state index is 13.3. The van der Waals surface area contributed by atoms with Crippen molar-refractivity contribution in [2.24, 2.45) is 0 Å². The summed E-state index contributed by atoms with van der Waals surface area (Å²) in [5.41, 5.74) is -0.485. The molecular weight excluding hydrogens is 409 g/mol. The van der Waals surface area contributed by atoms with E-state index in [1.165, 1.54) is 6.92 Å². The largest absolute Gasteiger partial charge is 0.530 e. The van der Waals surface area contributed by atoms with Gasteiger partial charge in [-0.05, 0) is 72.6 Å². The Morgan fingerprint density at radius 3 is 2.03 bits per heavy atom. The number of ketones is 1. The quantitative estimate of drug-likeness (QED) is 0.533. The molecule has 0 heterocycles. The Balaban J connectivity index is 2.94. The van der Waals surface area contributed by atoms with Crippen LogP contribution in [0.25, 0.3) is 0 Å². The molecule has 0 bridgehead atoms. The molecular formula is C21H34NO7P. The van der Waals surface area contributed by atoms with Gasteiger partial charge in [0.25, 0.3) is 0 Å². The highest BCUT2D eigenvalue weighted by Crippen LogP contribution is 2.52. The van der Waals surface area contributed by atoms with Gasteiger partial charge >= 0.3 is 13.9 Å². The fourth-order valence-electron chi connectivity index (χ4n) is 2.20. The maximum atomic E-state index is 13.3. The monoisotopic (exact) mass is 443 g/mol. The minimum absolute atomic E-state index is 0.305. The lowest BCUT2D eigenvalue weighted by Gasteiger charge is -2.28. The highest BCUT2D eigenvalue weighted by atomic mass is 31.2. The number of phosphoric ester groups is 1. The Bertz CT molecular complexity index is 763. The van der Waals surface area contributed by atoms with Crippen LogP contribution in [0.3, 0.4) is 0 Å². The van der Waals surface area contributed by atoms with Gasteiger partial charge in [0.05, 0.1) is 12.2 Å². The van der Waals surface area contributed by atoms with E-state index >= 15 is 0 Å². The summed E-state index contributed by atoms with van der Waals surface area (Å²) in [4.78, 5) is 24.0. The van der Waals surface area contributed by atoms with Gasteiger partial charge in [-0.2, -0.15) is 0 Å². The Morgan fingerprint density at radius 1 is 1.03 bits per heavy atom. The molecule has 2 atom stereocenters. The van der Waals surface area contributed by atoms with Gasteiger partial charge in [0.1, 0.15) is 17.4 Å². The molecule has 1 N–H and O–H groups in total. The van der Waals surface area contributed by atoms with Gasteiger partial charge in [-0.15, -0.1) is 0 Å². The first-order chi connectivity index (χ1) is 13.6. The van der Waals surface area contributed by atoms with Crippen molar-refractivity contribution in [1.29, 1.82) is 0 Å². The van der Waals surface area contributed by atoms with Crippen LogP contribution >= 0.6 is 7.82 Å². The molecule has 0 aliphatic carbocycles. The SMILES string of the molecule is CCc1ccc(OP(=O)(OC[C@H](NC(=O)OC(C)(C)C)C(C)=O)OC(C)(C)C)cc1. The minimum Gasteiger partial charge on any atom is -0.444 e. The number of alkyl carbamates (subject to hydrolysis) is 1. The topological polar surface area (TPSA) is 100 Å². The molecule has 30 heavy (non-hydrogen) atoms. The number of Topliss-reactive ketones (excluding diaryl/α,β-unsaturated/α-hetero) is 1. The van der Waals surface area contributed by atoms with E-state index in [1.807, 2.05) is 19.1 Å². The Hall–Kier alpha value is -1.89. The number of benzene rings is 1. The molecule has 0 radical (unpaired) electrons. The van der Waals surface area contributed by atoms with Crippen LogP contribution < -0.4 is 9.84 Å². The van der Waals surface area contributed by atoms with Gasteiger partial charge in [-0.1, -0.05) is 19.1 Å². The van der Waals surface area contributed by atoms with Crippen molar-refractivity contribution in [3.8, 4) is 5.75 Å². The van der Waals surface area contributed by atoms with Crippen LogP contribution in [0.5, 0.6) is 5.75 Å². The van der Waals surface area contributed by atoms with Crippen molar-refractivity contribution < 1.29 is 32.5 Å². The molecule has 0 saturated heterocycles. The lowest BCUT2D eigenvalue weighted by atomic mass is 10.2. The number of nitrogens with one attached hydrogen (secondary N) is 1. The third kappa shape index (κ3) is 10.2. The first-order valence-corrected chi connectivity index (χ1v) is 11.3. The van der Waals surface area contributed by atoms with Crippen molar-refractivity contribution >= 4 is 19.7 Å². The smallest absolute Gasteiger partial charge is 0.444 e. The molecule has 1 unspecified atom stereocenters. The number of ether oxygens (including phenoxy) is 1. The number of carbonyl (C=O) groups is 2. The summed E-state index contributed by atoms with van der Waals surface area (Å²) in [5.74, 6) is -0.0882. The molecule has 9 heteroatoms. The molecule has 0 aliphatic heterocycles. The van der Waals surface area contributed by atoms with Gasteiger partial charge in [0.2, 0.25) is 0 Å². The second-order valence-electron chi connectivity index (χ2n) is 8.84. The third-order valence-electron chi connectivity index (χ3n) is 3.52. The van der Waals surface area contributed by atoms with Crippen molar-refractivity contribution in [3.05, 3.63) is 29.8 Å². The Labute approximate surface area is 179 Å². The van der Waals surface area contributed by atoms with Crippen molar-refractivity contribution in [3.63, 3.8) is 0 Å². The molecule has 0 saturated carbocycles. The first kappa shape index (κ1) is 26.1. The van der Waals surface area contributed by atoms with Crippen LogP contribution in [0.1, 0.15) is 61.0 Å². The van der Waals surface area contributed by atoms with Gasteiger partial charge in [0, 0.05) is 0 Å². The van der Waals surface area contributed by atoms with E-state index in [4.69, 9.17) is 18.3 Å². The lowest BCUT2D eigenvalue weighted by molar-refractivity contribution is -0.119. The molecule has 8 nitrogen and oxygen atoms in total. The zero-order valence-electron chi connectivity index (χ0n) is 19.1. The van der Waals surface area contributed by atoms with E-state index in [2.05, 4.69) is 5.32 Å². The number of aryl methyl sites for hydroxylation is 1.